The molecule has 0 saturated carbocycles. The SMILES string of the molecule is CC1CN(Cc2cn(-c3ccccc3)nc2-c2cccnc2)CCN1. The van der Waals surface area contributed by atoms with Crippen molar-refractivity contribution < 1.29 is 0 Å². The normalized spacial score (nSPS) is 18.4. The number of hydrogen-bond donors (Lipinski definition) is 1. The van der Waals surface area contributed by atoms with Gasteiger partial charge in [0, 0.05) is 61.9 Å². The maximum atomic E-state index is 4.87. The first-order valence-electron chi connectivity index (χ1n) is 8.80. The molecule has 4 rings (SSSR count). The van der Waals surface area contributed by atoms with Gasteiger partial charge in [0.25, 0.3) is 0 Å². The molecule has 0 bridgehead atoms. The molecule has 2 aromatic heterocycles. The maximum absolute atomic E-state index is 4.87. The molecule has 128 valence electrons. The third kappa shape index (κ3) is 3.62. The van der Waals surface area contributed by atoms with Gasteiger partial charge in [-0.3, -0.25) is 9.88 Å². The van der Waals surface area contributed by atoms with Crippen LogP contribution in [-0.4, -0.2) is 45.3 Å². The second kappa shape index (κ2) is 7.17. The average Bonchev–Trinajstić information content (AvgIpc) is 3.07. The van der Waals surface area contributed by atoms with E-state index < -0.39 is 0 Å². The molecule has 25 heavy (non-hydrogen) atoms. The third-order valence-corrected chi connectivity index (χ3v) is 4.59. The van der Waals surface area contributed by atoms with Gasteiger partial charge in [0.1, 0.15) is 0 Å². The van der Waals surface area contributed by atoms with Crippen LogP contribution in [0.5, 0.6) is 0 Å². The van der Waals surface area contributed by atoms with E-state index in [0.29, 0.717) is 6.04 Å². The van der Waals surface area contributed by atoms with Crippen molar-refractivity contribution in [2.24, 2.45) is 0 Å². The first-order valence-corrected chi connectivity index (χ1v) is 8.80. The Bertz CT molecular complexity index is 813. The Morgan fingerprint density at radius 2 is 2.04 bits per heavy atom. The van der Waals surface area contributed by atoms with Crippen molar-refractivity contribution >= 4 is 0 Å². The lowest BCUT2D eigenvalue weighted by atomic mass is 10.1. The minimum Gasteiger partial charge on any atom is -0.312 e. The summed E-state index contributed by atoms with van der Waals surface area (Å²) in [5.41, 5.74) is 4.40. The highest BCUT2D eigenvalue weighted by Gasteiger charge is 2.19. The van der Waals surface area contributed by atoms with Gasteiger partial charge in [-0.1, -0.05) is 18.2 Å². The summed E-state index contributed by atoms with van der Waals surface area (Å²) >= 11 is 0. The molecule has 1 saturated heterocycles. The van der Waals surface area contributed by atoms with Gasteiger partial charge in [-0.05, 0) is 31.2 Å². The molecule has 5 nitrogen and oxygen atoms in total. The van der Waals surface area contributed by atoms with Gasteiger partial charge < -0.3 is 5.32 Å². The van der Waals surface area contributed by atoms with Crippen LogP contribution in [0.2, 0.25) is 0 Å². The van der Waals surface area contributed by atoms with Crippen LogP contribution in [0, 0.1) is 0 Å². The molecule has 3 aromatic rings. The standard InChI is InChI=1S/C20H23N5/c1-16-13-24(11-10-22-16)14-18-15-25(19-7-3-2-4-8-19)23-20(18)17-6-5-9-21-12-17/h2-9,12,15-16,22H,10-11,13-14H2,1H3. The Balaban J connectivity index is 1.69. The number of benzene rings is 1. The summed E-state index contributed by atoms with van der Waals surface area (Å²) in [5.74, 6) is 0. The van der Waals surface area contributed by atoms with Crippen molar-refractivity contribution in [2.75, 3.05) is 19.6 Å². The molecule has 5 heteroatoms. The predicted molar refractivity (Wildman–Crippen MR) is 99.5 cm³/mol. The molecule has 0 spiro atoms. The molecular weight excluding hydrogens is 310 g/mol. The lowest BCUT2D eigenvalue weighted by Crippen LogP contribution is -2.48. The lowest BCUT2D eigenvalue weighted by Gasteiger charge is -2.31. The first kappa shape index (κ1) is 16.0. The zero-order chi connectivity index (χ0) is 17.1. The Labute approximate surface area is 148 Å². The van der Waals surface area contributed by atoms with E-state index in [4.69, 9.17) is 5.10 Å². The molecular formula is C20H23N5. The van der Waals surface area contributed by atoms with Gasteiger partial charge >= 0.3 is 0 Å². The Morgan fingerprint density at radius 1 is 1.16 bits per heavy atom. The summed E-state index contributed by atoms with van der Waals surface area (Å²) in [6.07, 6.45) is 5.85. The molecule has 1 aliphatic rings. The van der Waals surface area contributed by atoms with Crippen molar-refractivity contribution in [3.05, 3.63) is 66.6 Å². The fourth-order valence-corrected chi connectivity index (χ4v) is 3.38. The van der Waals surface area contributed by atoms with E-state index >= 15 is 0 Å². The first-order chi connectivity index (χ1) is 12.3. The highest BCUT2D eigenvalue weighted by Crippen LogP contribution is 2.24. The van der Waals surface area contributed by atoms with Crippen LogP contribution in [0.4, 0.5) is 0 Å². The summed E-state index contributed by atoms with van der Waals surface area (Å²) in [4.78, 5) is 6.76. The molecule has 1 aliphatic heterocycles. The quantitative estimate of drug-likeness (QED) is 0.797. The lowest BCUT2D eigenvalue weighted by molar-refractivity contribution is 0.200. The Morgan fingerprint density at radius 3 is 2.80 bits per heavy atom. The van der Waals surface area contributed by atoms with Crippen LogP contribution < -0.4 is 5.32 Å². The molecule has 0 radical (unpaired) electrons. The van der Waals surface area contributed by atoms with E-state index in [0.717, 1.165) is 43.1 Å². The van der Waals surface area contributed by atoms with Crippen molar-refractivity contribution in [1.82, 2.24) is 25.0 Å². The Hall–Kier alpha value is -2.50. The van der Waals surface area contributed by atoms with Crippen LogP contribution in [0.15, 0.2) is 61.1 Å². The number of pyridine rings is 1. The molecule has 0 aliphatic carbocycles. The van der Waals surface area contributed by atoms with E-state index in [-0.39, 0.29) is 0 Å². The molecule has 3 heterocycles. The number of piperazine rings is 1. The fourth-order valence-electron chi connectivity index (χ4n) is 3.38. The van der Waals surface area contributed by atoms with Crippen molar-refractivity contribution in [3.8, 4) is 16.9 Å². The summed E-state index contributed by atoms with van der Waals surface area (Å²) in [6, 6.07) is 14.8. The summed E-state index contributed by atoms with van der Waals surface area (Å²) in [6.45, 7) is 6.30. The topological polar surface area (TPSA) is 46.0 Å². The summed E-state index contributed by atoms with van der Waals surface area (Å²) in [7, 11) is 0. The number of hydrogen-bond acceptors (Lipinski definition) is 4. The average molecular weight is 333 g/mol. The van der Waals surface area contributed by atoms with E-state index in [1.54, 1.807) is 6.20 Å². The molecule has 1 fully saturated rings. The second-order valence-corrected chi connectivity index (χ2v) is 6.62. The van der Waals surface area contributed by atoms with Crippen LogP contribution in [-0.2, 0) is 6.54 Å². The highest BCUT2D eigenvalue weighted by atomic mass is 15.3. The predicted octanol–water partition coefficient (Wildman–Crippen LogP) is 2.73. The zero-order valence-corrected chi connectivity index (χ0v) is 14.5. The minimum atomic E-state index is 0.528. The molecule has 1 N–H and O–H groups in total. The van der Waals surface area contributed by atoms with Gasteiger partial charge in [-0.25, -0.2) is 4.68 Å². The second-order valence-electron chi connectivity index (χ2n) is 6.62. The van der Waals surface area contributed by atoms with Crippen LogP contribution >= 0.6 is 0 Å². The number of nitrogens with zero attached hydrogens (tertiary/aromatic N) is 4. The van der Waals surface area contributed by atoms with Crippen molar-refractivity contribution in [2.45, 2.75) is 19.5 Å². The number of para-hydroxylation sites is 1. The zero-order valence-electron chi connectivity index (χ0n) is 14.5. The third-order valence-electron chi connectivity index (χ3n) is 4.59. The monoisotopic (exact) mass is 333 g/mol. The van der Waals surface area contributed by atoms with E-state index in [2.05, 4.69) is 46.5 Å². The van der Waals surface area contributed by atoms with Crippen LogP contribution in [0.3, 0.4) is 0 Å². The van der Waals surface area contributed by atoms with E-state index in [1.165, 1.54) is 5.56 Å². The number of rotatable bonds is 4. The molecule has 1 atom stereocenters. The van der Waals surface area contributed by atoms with Crippen molar-refractivity contribution in [1.29, 1.82) is 0 Å². The smallest absolute Gasteiger partial charge is 0.0988 e. The summed E-state index contributed by atoms with van der Waals surface area (Å²) < 4.78 is 1.98. The van der Waals surface area contributed by atoms with Crippen LogP contribution in [0.1, 0.15) is 12.5 Å². The van der Waals surface area contributed by atoms with Crippen LogP contribution in [0.25, 0.3) is 16.9 Å². The number of nitrogens with one attached hydrogen (secondary N) is 1. The van der Waals surface area contributed by atoms with Gasteiger partial charge in [0.2, 0.25) is 0 Å². The van der Waals surface area contributed by atoms with E-state index in [1.807, 2.05) is 35.1 Å². The molecule has 0 amide bonds. The Kier molecular flexibility index (Phi) is 4.59. The van der Waals surface area contributed by atoms with Gasteiger partial charge in [0.05, 0.1) is 11.4 Å². The minimum absolute atomic E-state index is 0.528. The molecule has 1 unspecified atom stereocenters. The summed E-state index contributed by atoms with van der Waals surface area (Å²) in [5, 5.41) is 8.37. The van der Waals surface area contributed by atoms with Gasteiger partial charge in [-0.15, -0.1) is 0 Å². The maximum Gasteiger partial charge on any atom is 0.0988 e. The largest absolute Gasteiger partial charge is 0.312 e. The number of aromatic nitrogens is 3. The van der Waals surface area contributed by atoms with Crippen molar-refractivity contribution in [3.63, 3.8) is 0 Å². The highest BCUT2D eigenvalue weighted by molar-refractivity contribution is 5.62. The molecule has 1 aromatic carbocycles. The van der Waals surface area contributed by atoms with E-state index in [9.17, 15) is 0 Å². The van der Waals surface area contributed by atoms with Gasteiger partial charge in [-0.2, -0.15) is 5.10 Å². The fraction of sp³-hybridized carbons (Fsp3) is 0.300. The van der Waals surface area contributed by atoms with Gasteiger partial charge in [0.15, 0.2) is 0 Å².